The molecule has 0 radical (unpaired) electrons. The lowest BCUT2D eigenvalue weighted by molar-refractivity contribution is -0.153. The molecule has 110 valence electrons. The molecular weight excluding hydrogens is 270 g/mol. The molecule has 0 amide bonds. The van der Waals surface area contributed by atoms with Crippen molar-refractivity contribution >= 4 is 11.8 Å². The van der Waals surface area contributed by atoms with Crippen LogP contribution < -0.4 is 11.4 Å². The summed E-state index contributed by atoms with van der Waals surface area (Å²) in [6, 6.07) is 1.37. The molecule has 9 heteroatoms. The second kappa shape index (κ2) is 5.57. The fourth-order valence-corrected chi connectivity index (χ4v) is 2.05. The Labute approximate surface area is 113 Å². The van der Waals surface area contributed by atoms with E-state index in [1.165, 1.54) is 19.2 Å². The van der Waals surface area contributed by atoms with Gasteiger partial charge in [-0.05, 0) is 6.07 Å². The number of anilines is 1. The van der Waals surface area contributed by atoms with Crippen LogP contribution in [0.15, 0.2) is 17.1 Å². The maximum Gasteiger partial charge on any atom is 0.351 e. The summed E-state index contributed by atoms with van der Waals surface area (Å²) in [7, 11) is 0. The summed E-state index contributed by atoms with van der Waals surface area (Å²) in [6.07, 6.45) is -3.10. The fraction of sp³-hybridized carbons (Fsp3) is 0.545. The van der Waals surface area contributed by atoms with Crippen LogP contribution in [0.2, 0.25) is 0 Å². The lowest BCUT2D eigenvalue weighted by Gasteiger charge is -2.19. The van der Waals surface area contributed by atoms with Crippen LogP contribution in [0.3, 0.4) is 0 Å². The molecule has 1 aliphatic rings. The van der Waals surface area contributed by atoms with E-state index in [4.69, 9.17) is 15.2 Å². The van der Waals surface area contributed by atoms with Crippen LogP contribution in [-0.4, -0.2) is 50.7 Å². The van der Waals surface area contributed by atoms with Crippen molar-refractivity contribution in [2.45, 2.75) is 31.5 Å². The van der Waals surface area contributed by atoms with E-state index in [0.717, 1.165) is 4.57 Å². The Kier molecular flexibility index (Phi) is 4.02. The molecule has 0 aromatic carbocycles. The third-order valence-electron chi connectivity index (χ3n) is 2.92. The fourth-order valence-electron chi connectivity index (χ4n) is 2.05. The number of esters is 1. The van der Waals surface area contributed by atoms with Gasteiger partial charge in [0.05, 0.1) is 6.61 Å². The number of aromatic nitrogens is 2. The Morgan fingerprint density at radius 1 is 1.65 bits per heavy atom. The molecule has 1 fully saturated rings. The van der Waals surface area contributed by atoms with Gasteiger partial charge in [-0.3, -0.25) is 9.36 Å². The van der Waals surface area contributed by atoms with Crippen LogP contribution in [0.4, 0.5) is 5.82 Å². The summed E-state index contributed by atoms with van der Waals surface area (Å²) in [6.45, 7) is 0.702. The number of nitrogens with two attached hydrogens (primary N) is 1. The number of aliphatic hydroxyl groups is 2. The van der Waals surface area contributed by atoms with E-state index in [1.54, 1.807) is 0 Å². The monoisotopic (exact) mass is 285 g/mol. The molecule has 0 bridgehead atoms. The Bertz CT molecular complexity index is 559. The van der Waals surface area contributed by atoms with Crippen LogP contribution >= 0.6 is 0 Å². The lowest BCUT2D eigenvalue weighted by atomic mass is 10.1. The maximum atomic E-state index is 11.7. The van der Waals surface area contributed by atoms with Gasteiger partial charge in [-0.2, -0.15) is 4.98 Å². The molecule has 4 atom stereocenters. The molecule has 4 N–H and O–H groups in total. The van der Waals surface area contributed by atoms with Crippen LogP contribution in [0.1, 0.15) is 13.2 Å². The van der Waals surface area contributed by atoms with E-state index in [0.29, 0.717) is 0 Å². The first kappa shape index (κ1) is 14.4. The van der Waals surface area contributed by atoms with Gasteiger partial charge in [0.15, 0.2) is 12.3 Å². The second-order valence-electron chi connectivity index (χ2n) is 4.35. The zero-order valence-corrected chi connectivity index (χ0v) is 10.7. The summed E-state index contributed by atoms with van der Waals surface area (Å²) < 4.78 is 11.3. The predicted octanol–water partition coefficient (Wildman–Crippen LogP) is -1.99. The number of carbonyl (C=O) groups is 1. The van der Waals surface area contributed by atoms with Crippen molar-refractivity contribution in [3.8, 4) is 0 Å². The minimum Gasteiger partial charge on any atom is -0.457 e. The summed E-state index contributed by atoms with van der Waals surface area (Å²) in [4.78, 5) is 26.2. The van der Waals surface area contributed by atoms with Crippen molar-refractivity contribution in [2.75, 3.05) is 12.3 Å². The minimum atomic E-state index is -1.31. The first-order valence-corrected chi connectivity index (χ1v) is 5.90. The summed E-state index contributed by atoms with van der Waals surface area (Å²) in [5.74, 6) is -0.589. The van der Waals surface area contributed by atoms with E-state index in [9.17, 15) is 19.8 Å². The molecule has 20 heavy (non-hydrogen) atoms. The first-order chi connectivity index (χ1) is 9.43. The number of hydrogen-bond acceptors (Lipinski definition) is 8. The predicted molar refractivity (Wildman–Crippen MR) is 65.5 cm³/mol. The number of nitrogens with zero attached hydrogens (tertiary/aromatic N) is 2. The van der Waals surface area contributed by atoms with Crippen molar-refractivity contribution in [3.63, 3.8) is 0 Å². The van der Waals surface area contributed by atoms with Crippen molar-refractivity contribution < 1.29 is 24.5 Å². The lowest BCUT2D eigenvalue weighted by Crippen LogP contribution is -2.38. The Hall–Kier alpha value is -1.97. The number of carbonyl (C=O) groups excluding carboxylic acids is 1. The molecule has 1 aromatic heterocycles. The van der Waals surface area contributed by atoms with Gasteiger partial charge in [-0.15, -0.1) is 0 Å². The third kappa shape index (κ3) is 2.64. The van der Waals surface area contributed by atoms with Crippen LogP contribution in [0, 0.1) is 0 Å². The topological polar surface area (TPSA) is 137 Å². The number of nitrogen functional groups attached to an aromatic ring is 1. The summed E-state index contributed by atoms with van der Waals surface area (Å²) in [5, 5.41) is 19.3. The normalized spacial score (nSPS) is 29.4. The minimum absolute atomic E-state index is 0.0361. The zero-order valence-electron chi connectivity index (χ0n) is 10.7. The highest BCUT2D eigenvalue weighted by Crippen LogP contribution is 2.30. The van der Waals surface area contributed by atoms with Gasteiger partial charge >= 0.3 is 11.7 Å². The Morgan fingerprint density at radius 2 is 2.35 bits per heavy atom. The molecule has 0 saturated carbocycles. The van der Waals surface area contributed by atoms with Gasteiger partial charge in [0.2, 0.25) is 0 Å². The molecule has 1 aromatic rings. The van der Waals surface area contributed by atoms with E-state index >= 15 is 0 Å². The molecule has 0 spiro atoms. The van der Waals surface area contributed by atoms with Gasteiger partial charge < -0.3 is 25.4 Å². The van der Waals surface area contributed by atoms with Crippen molar-refractivity contribution in [1.82, 2.24) is 9.55 Å². The van der Waals surface area contributed by atoms with Crippen LogP contribution in [0.25, 0.3) is 0 Å². The smallest absolute Gasteiger partial charge is 0.351 e. The van der Waals surface area contributed by atoms with E-state index in [-0.39, 0.29) is 5.82 Å². The van der Waals surface area contributed by atoms with E-state index in [2.05, 4.69) is 4.98 Å². The molecule has 9 nitrogen and oxygen atoms in total. The molecular formula is C11H15N3O6. The number of rotatable bonds is 3. The Morgan fingerprint density at radius 3 is 2.90 bits per heavy atom. The third-order valence-corrected chi connectivity index (χ3v) is 2.92. The highest BCUT2D eigenvalue weighted by atomic mass is 16.6. The van der Waals surface area contributed by atoms with Crippen LogP contribution in [-0.2, 0) is 14.3 Å². The molecule has 0 aliphatic carbocycles. The summed E-state index contributed by atoms with van der Waals surface area (Å²) in [5.41, 5.74) is 4.66. The largest absolute Gasteiger partial charge is 0.457 e. The van der Waals surface area contributed by atoms with Gasteiger partial charge in [0.1, 0.15) is 18.0 Å². The molecule has 1 saturated heterocycles. The van der Waals surface area contributed by atoms with Gasteiger partial charge in [-0.1, -0.05) is 0 Å². The second-order valence-corrected chi connectivity index (χ2v) is 4.35. The average molecular weight is 285 g/mol. The number of aliphatic hydroxyl groups excluding tert-OH is 2. The van der Waals surface area contributed by atoms with E-state index < -0.39 is 42.8 Å². The quantitative estimate of drug-likeness (QED) is 0.543. The summed E-state index contributed by atoms with van der Waals surface area (Å²) >= 11 is 0. The molecule has 1 aliphatic heterocycles. The van der Waals surface area contributed by atoms with Gasteiger partial charge in [-0.25, -0.2) is 4.79 Å². The zero-order chi connectivity index (χ0) is 14.9. The molecule has 2 heterocycles. The van der Waals surface area contributed by atoms with Crippen molar-refractivity contribution in [2.24, 2.45) is 0 Å². The van der Waals surface area contributed by atoms with Gasteiger partial charge in [0.25, 0.3) is 0 Å². The van der Waals surface area contributed by atoms with Gasteiger partial charge in [0, 0.05) is 13.1 Å². The van der Waals surface area contributed by atoms with Crippen molar-refractivity contribution in [3.05, 3.63) is 22.7 Å². The SMILES string of the molecule is CC(=O)O[C@H]1[C@H](O)[C@H](n2ccc(N)nc2=O)O[C@@H]1CO. The maximum absolute atomic E-state index is 11.7. The van der Waals surface area contributed by atoms with Crippen molar-refractivity contribution in [1.29, 1.82) is 0 Å². The average Bonchev–Trinajstić information content (AvgIpc) is 2.67. The molecule has 0 unspecified atom stereocenters. The highest BCUT2D eigenvalue weighted by molar-refractivity contribution is 5.66. The molecule has 2 rings (SSSR count). The first-order valence-electron chi connectivity index (χ1n) is 5.90. The van der Waals surface area contributed by atoms with Crippen LogP contribution in [0.5, 0.6) is 0 Å². The number of hydrogen-bond donors (Lipinski definition) is 3. The Balaban J connectivity index is 2.29. The highest BCUT2D eigenvalue weighted by Gasteiger charge is 2.46. The number of ether oxygens (including phenoxy) is 2. The van der Waals surface area contributed by atoms with E-state index in [1.807, 2.05) is 0 Å². The standard InChI is InChI=1S/C11H15N3O6/c1-5(16)19-9-6(4-15)20-10(8(9)17)14-3-2-7(12)13-11(14)18/h2-3,6,8-10,15,17H,4H2,1H3,(H2,12,13,18)/t6-,8+,9-,10-/m1/s1.